The summed E-state index contributed by atoms with van der Waals surface area (Å²) in [6, 6.07) is 7.05. The number of amides is 1. The van der Waals surface area contributed by atoms with Gasteiger partial charge in [0.1, 0.15) is 5.75 Å². The second-order valence-corrected chi connectivity index (χ2v) is 5.98. The van der Waals surface area contributed by atoms with Crippen LogP contribution >= 0.6 is 0 Å². The van der Waals surface area contributed by atoms with Gasteiger partial charge in [-0.2, -0.15) is 5.10 Å². The Morgan fingerprint density at radius 2 is 2.33 bits per heavy atom. The molecule has 1 unspecified atom stereocenters. The molecular weight excluding hydrogens is 310 g/mol. The van der Waals surface area contributed by atoms with Crippen LogP contribution in [0.25, 0.3) is 11.3 Å². The Kier molecular flexibility index (Phi) is 4.55. The minimum Gasteiger partial charge on any atom is -0.496 e. The lowest BCUT2D eigenvalue weighted by Crippen LogP contribution is -2.52. The van der Waals surface area contributed by atoms with Gasteiger partial charge in [-0.1, -0.05) is 0 Å². The highest BCUT2D eigenvalue weighted by molar-refractivity contribution is 5.96. The van der Waals surface area contributed by atoms with E-state index in [1.54, 1.807) is 30.0 Å². The largest absolute Gasteiger partial charge is 0.496 e. The Balaban J connectivity index is 1.89. The van der Waals surface area contributed by atoms with Crippen LogP contribution in [0.4, 0.5) is 0 Å². The van der Waals surface area contributed by atoms with E-state index in [4.69, 9.17) is 9.47 Å². The van der Waals surface area contributed by atoms with Crippen molar-refractivity contribution in [2.24, 2.45) is 7.05 Å². The van der Waals surface area contributed by atoms with E-state index in [9.17, 15) is 9.90 Å². The molecule has 2 N–H and O–H groups in total. The van der Waals surface area contributed by atoms with Gasteiger partial charge in [-0.05, 0) is 30.7 Å². The third kappa shape index (κ3) is 3.13. The van der Waals surface area contributed by atoms with Crippen LogP contribution < -0.4 is 10.1 Å². The molecule has 0 aliphatic carbocycles. The van der Waals surface area contributed by atoms with Crippen molar-refractivity contribution in [3.05, 3.63) is 36.0 Å². The number of aliphatic hydroxyl groups is 1. The molecule has 2 aromatic rings. The molecule has 128 valence electrons. The van der Waals surface area contributed by atoms with Crippen molar-refractivity contribution < 1.29 is 19.4 Å². The predicted molar refractivity (Wildman–Crippen MR) is 87.9 cm³/mol. The van der Waals surface area contributed by atoms with Crippen molar-refractivity contribution in [2.75, 3.05) is 26.9 Å². The molecule has 0 bridgehead atoms. The number of ether oxygens (including phenoxy) is 2. The average Bonchev–Trinajstić information content (AvgIpc) is 3.24. The molecule has 1 aromatic carbocycles. The number of hydrogen-bond acceptors (Lipinski definition) is 5. The normalized spacial score (nSPS) is 20.1. The number of aromatic nitrogens is 2. The van der Waals surface area contributed by atoms with E-state index in [0.29, 0.717) is 30.9 Å². The molecule has 0 spiro atoms. The number of carbonyl (C=O) groups is 1. The summed E-state index contributed by atoms with van der Waals surface area (Å²) in [4.78, 5) is 12.6. The molecular formula is C17H21N3O4. The number of carbonyl (C=O) groups excluding carboxylic acids is 1. The average molecular weight is 331 g/mol. The standard InChI is InChI=1S/C17H21N3O4/c1-20-7-5-14(19-20)13-9-12(3-4-15(13)23-2)16(22)18-17(10-21)6-8-24-11-17/h3-5,7,9,21H,6,8,10-11H2,1-2H3,(H,18,22). The maximum atomic E-state index is 12.6. The minimum absolute atomic E-state index is 0.151. The maximum absolute atomic E-state index is 12.6. The minimum atomic E-state index is -0.706. The van der Waals surface area contributed by atoms with Gasteiger partial charge in [-0.25, -0.2) is 0 Å². The van der Waals surface area contributed by atoms with Crippen LogP contribution in [0.15, 0.2) is 30.5 Å². The lowest BCUT2D eigenvalue weighted by atomic mass is 9.98. The number of methoxy groups -OCH3 is 1. The SMILES string of the molecule is COc1ccc(C(=O)NC2(CO)CCOC2)cc1-c1ccn(C)n1. The summed E-state index contributed by atoms with van der Waals surface area (Å²) in [6.45, 7) is 0.698. The van der Waals surface area contributed by atoms with E-state index in [2.05, 4.69) is 10.4 Å². The highest BCUT2D eigenvalue weighted by atomic mass is 16.5. The van der Waals surface area contributed by atoms with Crippen LogP contribution in [-0.2, 0) is 11.8 Å². The molecule has 1 aliphatic rings. The maximum Gasteiger partial charge on any atom is 0.251 e. The van der Waals surface area contributed by atoms with Gasteiger partial charge >= 0.3 is 0 Å². The number of hydrogen-bond donors (Lipinski definition) is 2. The van der Waals surface area contributed by atoms with Crippen LogP contribution in [-0.4, -0.2) is 53.3 Å². The van der Waals surface area contributed by atoms with E-state index >= 15 is 0 Å². The third-order valence-electron chi connectivity index (χ3n) is 4.24. The molecule has 1 aliphatic heterocycles. The second-order valence-electron chi connectivity index (χ2n) is 5.98. The first-order chi connectivity index (χ1) is 11.6. The molecule has 1 atom stereocenters. The van der Waals surface area contributed by atoms with Gasteiger partial charge in [-0.3, -0.25) is 9.48 Å². The first-order valence-corrected chi connectivity index (χ1v) is 7.76. The van der Waals surface area contributed by atoms with Crippen LogP contribution in [0, 0.1) is 0 Å². The van der Waals surface area contributed by atoms with Crippen LogP contribution in [0.2, 0.25) is 0 Å². The van der Waals surface area contributed by atoms with Crippen LogP contribution in [0.5, 0.6) is 5.75 Å². The van der Waals surface area contributed by atoms with Crippen molar-refractivity contribution in [3.63, 3.8) is 0 Å². The molecule has 3 rings (SSSR count). The van der Waals surface area contributed by atoms with E-state index in [-0.39, 0.29) is 12.5 Å². The zero-order valence-electron chi connectivity index (χ0n) is 13.8. The smallest absolute Gasteiger partial charge is 0.251 e. The summed E-state index contributed by atoms with van der Waals surface area (Å²) >= 11 is 0. The molecule has 1 amide bonds. The van der Waals surface area contributed by atoms with Crippen molar-refractivity contribution in [1.29, 1.82) is 0 Å². The molecule has 7 nitrogen and oxygen atoms in total. The summed E-state index contributed by atoms with van der Waals surface area (Å²) in [5.74, 6) is 0.390. The van der Waals surface area contributed by atoms with Gasteiger partial charge in [0, 0.05) is 31.0 Å². The summed E-state index contributed by atoms with van der Waals surface area (Å²) in [6.07, 6.45) is 2.43. The fourth-order valence-electron chi connectivity index (χ4n) is 2.79. The van der Waals surface area contributed by atoms with Crippen LogP contribution in [0.3, 0.4) is 0 Å². The molecule has 1 fully saturated rings. The van der Waals surface area contributed by atoms with Gasteiger partial charge in [0.25, 0.3) is 5.91 Å². The Morgan fingerprint density at radius 3 is 2.92 bits per heavy atom. The fraction of sp³-hybridized carbons (Fsp3) is 0.412. The number of rotatable bonds is 5. The Bertz CT molecular complexity index is 735. The number of nitrogens with zero attached hydrogens (tertiary/aromatic N) is 2. The zero-order valence-corrected chi connectivity index (χ0v) is 13.8. The fourth-order valence-corrected chi connectivity index (χ4v) is 2.79. The van der Waals surface area contributed by atoms with Crippen molar-refractivity contribution in [2.45, 2.75) is 12.0 Å². The number of nitrogens with one attached hydrogen (secondary N) is 1. The van der Waals surface area contributed by atoms with Crippen LogP contribution in [0.1, 0.15) is 16.8 Å². The zero-order chi connectivity index (χ0) is 17.2. The van der Waals surface area contributed by atoms with E-state index in [1.807, 2.05) is 19.3 Å². The Hall–Kier alpha value is -2.38. The molecule has 7 heteroatoms. The second kappa shape index (κ2) is 6.62. The first kappa shape index (κ1) is 16.5. The molecule has 1 aromatic heterocycles. The van der Waals surface area contributed by atoms with Gasteiger partial charge < -0.3 is 19.9 Å². The number of benzene rings is 1. The third-order valence-corrected chi connectivity index (χ3v) is 4.24. The monoisotopic (exact) mass is 331 g/mol. The quantitative estimate of drug-likeness (QED) is 0.853. The lowest BCUT2D eigenvalue weighted by Gasteiger charge is -2.26. The van der Waals surface area contributed by atoms with Crippen molar-refractivity contribution in [3.8, 4) is 17.0 Å². The van der Waals surface area contributed by atoms with E-state index < -0.39 is 5.54 Å². The van der Waals surface area contributed by atoms with Crippen molar-refractivity contribution >= 4 is 5.91 Å². The first-order valence-electron chi connectivity index (χ1n) is 7.76. The molecule has 0 radical (unpaired) electrons. The highest BCUT2D eigenvalue weighted by Crippen LogP contribution is 2.30. The van der Waals surface area contributed by atoms with Gasteiger partial charge in [-0.15, -0.1) is 0 Å². The Labute approximate surface area is 140 Å². The predicted octanol–water partition coefficient (Wildman–Crippen LogP) is 0.977. The highest BCUT2D eigenvalue weighted by Gasteiger charge is 2.36. The lowest BCUT2D eigenvalue weighted by molar-refractivity contribution is 0.0789. The molecule has 0 saturated carbocycles. The topological polar surface area (TPSA) is 85.6 Å². The molecule has 1 saturated heterocycles. The molecule has 2 heterocycles. The Morgan fingerprint density at radius 1 is 1.50 bits per heavy atom. The summed E-state index contributed by atoms with van der Waals surface area (Å²) in [5.41, 5.74) is 1.25. The summed E-state index contributed by atoms with van der Waals surface area (Å²) in [7, 11) is 3.41. The van der Waals surface area contributed by atoms with Gasteiger partial charge in [0.05, 0.1) is 31.6 Å². The van der Waals surface area contributed by atoms with Gasteiger partial charge in [0.2, 0.25) is 0 Å². The van der Waals surface area contributed by atoms with Gasteiger partial charge in [0.15, 0.2) is 0 Å². The summed E-state index contributed by atoms with van der Waals surface area (Å²) in [5, 5.41) is 16.9. The summed E-state index contributed by atoms with van der Waals surface area (Å²) < 4.78 is 12.4. The van der Waals surface area contributed by atoms with Crippen molar-refractivity contribution in [1.82, 2.24) is 15.1 Å². The van der Waals surface area contributed by atoms with E-state index in [0.717, 1.165) is 11.3 Å². The number of aliphatic hydroxyl groups excluding tert-OH is 1. The molecule has 24 heavy (non-hydrogen) atoms. The van der Waals surface area contributed by atoms with E-state index in [1.165, 1.54) is 0 Å². The number of aryl methyl sites for hydroxylation is 1.